The van der Waals surface area contributed by atoms with Gasteiger partial charge in [0.25, 0.3) is 0 Å². The molecule has 0 aliphatic carbocycles. The summed E-state index contributed by atoms with van der Waals surface area (Å²) in [5, 5.41) is 9.15. The fourth-order valence-electron chi connectivity index (χ4n) is 4.68. The van der Waals surface area contributed by atoms with E-state index in [1.165, 1.54) is 30.4 Å². The van der Waals surface area contributed by atoms with E-state index in [1.807, 2.05) is 58.9 Å². The summed E-state index contributed by atoms with van der Waals surface area (Å²) in [7, 11) is 0. The molecule has 1 aromatic heterocycles. The van der Waals surface area contributed by atoms with Crippen molar-refractivity contribution in [1.29, 1.82) is 0 Å². The van der Waals surface area contributed by atoms with Gasteiger partial charge in [-0.3, -0.25) is 4.79 Å². The maximum atomic E-state index is 14.5. The second-order valence-corrected chi connectivity index (χ2v) is 9.97. The summed E-state index contributed by atoms with van der Waals surface area (Å²) in [6.45, 7) is 21.6. The number of aromatic nitrogens is 2. The van der Waals surface area contributed by atoms with Crippen molar-refractivity contribution in [3.05, 3.63) is 89.1 Å². The van der Waals surface area contributed by atoms with Gasteiger partial charge in [-0.1, -0.05) is 64.6 Å². The van der Waals surface area contributed by atoms with Crippen LogP contribution in [0.1, 0.15) is 70.2 Å². The van der Waals surface area contributed by atoms with Gasteiger partial charge in [0.1, 0.15) is 23.3 Å². The molecule has 246 valence electrons. The smallest absolute Gasteiger partial charge is 0.225 e. The number of carbonyl (C=O) groups is 1. The highest BCUT2D eigenvalue weighted by molar-refractivity contribution is 5.92. The van der Waals surface area contributed by atoms with Crippen molar-refractivity contribution >= 4 is 41.9 Å². The van der Waals surface area contributed by atoms with Gasteiger partial charge in [-0.25, -0.2) is 18.8 Å². The standard InChI is InChI=1S/C34H41F2N7O.C2H6/c1-7-19-37-25(6)40-24(5)26-13-10-14-27(23(26)4)32-29(18-17-28-30(35)15-11-16-31(28)36)33(39-22-44)42-34(41-32)38-20-12-21-43(8-2)9-3;1-2/h7,10-11,13-19,22H,5,8-9,12,20-21H2,1-4,6H3,(H,37,40)(H2,38,39,41,42,44);1-2H3/b18-17-,19-7-;. The zero-order chi connectivity index (χ0) is 34.1. The van der Waals surface area contributed by atoms with Gasteiger partial charge < -0.3 is 20.9 Å². The predicted molar refractivity (Wildman–Crippen MR) is 190 cm³/mol. The zero-order valence-corrected chi connectivity index (χ0v) is 28.0. The van der Waals surface area contributed by atoms with Crippen molar-refractivity contribution in [2.75, 3.05) is 36.8 Å². The summed E-state index contributed by atoms with van der Waals surface area (Å²) in [5.74, 6) is -0.245. The number of halogens is 2. The Balaban J connectivity index is 0.00000361. The van der Waals surface area contributed by atoms with Crippen molar-refractivity contribution in [2.24, 2.45) is 4.99 Å². The summed E-state index contributed by atoms with van der Waals surface area (Å²) in [4.78, 5) is 27.7. The Labute approximate surface area is 272 Å². The Morgan fingerprint density at radius 2 is 1.67 bits per heavy atom. The number of anilines is 2. The van der Waals surface area contributed by atoms with E-state index in [1.54, 1.807) is 6.20 Å². The lowest BCUT2D eigenvalue weighted by molar-refractivity contribution is -0.105. The molecule has 0 saturated heterocycles. The van der Waals surface area contributed by atoms with E-state index in [9.17, 15) is 13.6 Å². The highest BCUT2D eigenvalue weighted by Crippen LogP contribution is 2.34. The molecule has 0 spiro atoms. The summed E-state index contributed by atoms with van der Waals surface area (Å²) < 4.78 is 29.0. The lowest BCUT2D eigenvalue weighted by atomic mass is 9.95. The van der Waals surface area contributed by atoms with Crippen molar-refractivity contribution in [2.45, 2.75) is 54.9 Å². The third-order valence-electron chi connectivity index (χ3n) is 7.05. The molecule has 0 fully saturated rings. The van der Waals surface area contributed by atoms with Gasteiger partial charge in [-0.15, -0.1) is 0 Å². The van der Waals surface area contributed by atoms with Crippen LogP contribution in [0.5, 0.6) is 0 Å². The first-order chi connectivity index (χ1) is 22.2. The van der Waals surface area contributed by atoms with E-state index < -0.39 is 11.6 Å². The molecule has 10 heteroatoms. The van der Waals surface area contributed by atoms with Gasteiger partial charge in [0.2, 0.25) is 12.4 Å². The molecule has 0 unspecified atom stereocenters. The van der Waals surface area contributed by atoms with Crippen LogP contribution in [0, 0.1) is 18.6 Å². The topological polar surface area (TPSA) is 94.5 Å². The van der Waals surface area contributed by atoms with Gasteiger partial charge in [0, 0.05) is 40.7 Å². The first kappa shape index (κ1) is 37.5. The maximum Gasteiger partial charge on any atom is 0.225 e. The Kier molecular flexibility index (Phi) is 16.0. The number of allylic oxidation sites excluding steroid dienone is 1. The SMILES string of the molecule is C=C(NC(C)=N/C=C\C)c1cccc(-c2nc(NCCCN(CC)CC)nc(NC=O)c2/C=C\c2c(F)cccc2F)c1C.CC. The average Bonchev–Trinajstić information content (AvgIpc) is 3.05. The van der Waals surface area contributed by atoms with Crippen molar-refractivity contribution < 1.29 is 13.6 Å². The van der Waals surface area contributed by atoms with Crippen LogP contribution in [-0.4, -0.2) is 53.3 Å². The number of amides is 1. The number of hydrogen-bond donors (Lipinski definition) is 3. The molecule has 3 N–H and O–H groups in total. The largest absolute Gasteiger partial charge is 0.354 e. The normalized spacial score (nSPS) is 11.5. The molecule has 3 aromatic rings. The van der Waals surface area contributed by atoms with E-state index in [0.29, 0.717) is 41.7 Å². The third-order valence-corrected chi connectivity index (χ3v) is 7.05. The first-order valence-corrected chi connectivity index (χ1v) is 15.7. The number of carbonyl (C=O) groups excluding carboxylic acids is 1. The molecule has 1 amide bonds. The van der Waals surface area contributed by atoms with Gasteiger partial charge in [-0.05, 0) is 76.7 Å². The van der Waals surface area contributed by atoms with E-state index >= 15 is 0 Å². The lowest BCUT2D eigenvalue weighted by Gasteiger charge is -2.19. The van der Waals surface area contributed by atoms with Crippen LogP contribution in [-0.2, 0) is 4.79 Å². The molecule has 46 heavy (non-hydrogen) atoms. The molecular weight excluding hydrogens is 584 g/mol. The van der Waals surface area contributed by atoms with Crippen molar-refractivity contribution in [1.82, 2.24) is 20.2 Å². The Morgan fingerprint density at radius 3 is 2.30 bits per heavy atom. The molecule has 0 atom stereocenters. The summed E-state index contributed by atoms with van der Waals surface area (Å²) >= 11 is 0. The molecule has 0 aliphatic heterocycles. The van der Waals surface area contributed by atoms with Crippen LogP contribution in [0.4, 0.5) is 20.5 Å². The first-order valence-electron chi connectivity index (χ1n) is 15.7. The van der Waals surface area contributed by atoms with E-state index in [4.69, 9.17) is 4.98 Å². The Morgan fingerprint density at radius 1 is 1.02 bits per heavy atom. The van der Waals surface area contributed by atoms with Crippen LogP contribution in [0.2, 0.25) is 0 Å². The monoisotopic (exact) mass is 631 g/mol. The molecule has 2 aromatic carbocycles. The number of amidine groups is 1. The van der Waals surface area contributed by atoms with Crippen molar-refractivity contribution in [3.63, 3.8) is 0 Å². The van der Waals surface area contributed by atoms with E-state index in [-0.39, 0.29) is 11.4 Å². The van der Waals surface area contributed by atoms with Crippen molar-refractivity contribution in [3.8, 4) is 11.3 Å². The average molecular weight is 632 g/mol. The highest BCUT2D eigenvalue weighted by Gasteiger charge is 2.19. The van der Waals surface area contributed by atoms with Crippen LogP contribution in [0.25, 0.3) is 29.1 Å². The summed E-state index contributed by atoms with van der Waals surface area (Å²) in [6, 6.07) is 9.37. The molecule has 0 aliphatic rings. The molecule has 3 rings (SSSR count). The number of hydrogen-bond acceptors (Lipinski definition) is 6. The van der Waals surface area contributed by atoms with Gasteiger partial charge in [0.05, 0.1) is 5.69 Å². The molecular formula is C36H47F2N7O. The quantitative estimate of drug-likeness (QED) is 0.0678. The molecule has 8 nitrogen and oxygen atoms in total. The minimum Gasteiger partial charge on any atom is -0.354 e. The molecule has 0 radical (unpaired) electrons. The fraction of sp³-hybridized carbons (Fsp3) is 0.333. The van der Waals surface area contributed by atoms with Gasteiger partial charge >= 0.3 is 0 Å². The van der Waals surface area contributed by atoms with Gasteiger partial charge in [0.15, 0.2) is 0 Å². The number of benzene rings is 2. The number of rotatable bonds is 15. The minimum absolute atomic E-state index is 0.195. The second-order valence-electron chi connectivity index (χ2n) is 9.97. The zero-order valence-electron chi connectivity index (χ0n) is 28.0. The third kappa shape index (κ3) is 10.4. The molecule has 0 saturated carbocycles. The van der Waals surface area contributed by atoms with Crippen LogP contribution >= 0.6 is 0 Å². The maximum absolute atomic E-state index is 14.5. The number of nitrogens with zero attached hydrogens (tertiary/aromatic N) is 4. The van der Waals surface area contributed by atoms with Gasteiger partial charge in [-0.2, -0.15) is 4.98 Å². The van der Waals surface area contributed by atoms with E-state index in [0.717, 1.165) is 42.7 Å². The lowest BCUT2D eigenvalue weighted by Crippen LogP contribution is -2.25. The van der Waals surface area contributed by atoms with Crippen LogP contribution in [0.3, 0.4) is 0 Å². The fourth-order valence-corrected chi connectivity index (χ4v) is 4.68. The van der Waals surface area contributed by atoms with Crippen LogP contribution < -0.4 is 16.0 Å². The molecule has 1 heterocycles. The minimum atomic E-state index is -0.712. The second kappa shape index (κ2) is 19.6. The Hall–Kier alpha value is -4.70. The predicted octanol–water partition coefficient (Wildman–Crippen LogP) is 8.15. The number of aliphatic imine (C=N–C) groups is 1. The Bertz CT molecular complexity index is 1530. The summed E-state index contributed by atoms with van der Waals surface area (Å²) in [6.07, 6.45) is 7.73. The highest BCUT2D eigenvalue weighted by atomic mass is 19.1. The molecule has 0 bridgehead atoms. The van der Waals surface area contributed by atoms with E-state index in [2.05, 4.69) is 51.3 Å². The van der Waals surface area contributed by atoms with Crippen LogP contribution in [0.15, 0.2) is 60.2 Å². The number of nitrogens with one attached hydrogen (secondary N) is 3. The summed E-state index contributed by atoms with van der Waals surface area (Å²) in [5.41, 5.74) is 3.67.